The van der Waals surface area contributed by atoms with E-state index in [4.69, 9.17) is 9.47 Å². The second-order valence-corrected chi connectivity index (χ2v) is 3.63. The summed E-state index contributed by atoms with van der Waals surface area (Å²) in [4.78, 5) is 4.02. The van der Waals surface area contributed by atoms with Crippen molar-refractivity contribution in [1.29, 1.82) is 0 Å². The van der Waals surface area contributed by atoms with Gasteiger partial charge in [0.1, 0.15) is 11.5 Å². The lowest BCUT2D eigenvalue weighted by molar-refractivity contribution is 0.310. The molecule has 0 saturated heterocycles. The number of hydrogen-bond acceptors (Lipinski definition) is 3. The van der Waals surface area contributed by atoms with Crippen LogP contribution in [0.15, 0.2) is 29.3 Å². The van der Waals surface area contributed by atoms with E-state index in [1.165, 1.54) is 0 Å². The van der Waals surface area contributed by atoms with Crippen molar-refractivity contribution in [2.45, 2.75) is 6.42 Å². The van der Waals surface area contributed by atoms with Gasteiger partial charge in [-0.25, -0.2) is 0 Å². The fourth-order valence-corrected chi connectivity index (χ4v) is 1.42. The second-order valence-electron chi connectivity index (χ2n) is 3.63. The van der Waals surface area contributed by atoms with Gasteiger partial charge in [0, 0.05) is 20.6 Å². The highest BCUT2D eigenvalue weighted by Gasteiger charge is 1.96. The summed E-state index contributed by atoms with van der Waals surface area (Å²) in [6, 6.07) is 7.57. The molecular formula is C13H21N3O2. The molecule has 0 atom stereocenters. The highest BCUT2D eigenvalue weighted by Crippen LogP contribution is 2.16. The van der Waals surface area contributed by atoms with Crippen molar-refractivity contribution in [3.63, 3.8) is 0 Å². The van der Waals surface area contributed by atoms with Crippen molar-refractivity contribution >= 4 is 5.96 Å². The summed E-state index contributed by atoms with van der Waals surface area (Å²) in [5, 5.41) is 6.12. The van der Waals surface area contributed by atoms with E-state index in [1.54, 1.807) is 14.2 Å². The molecule has 5 heteroatoms. The topological polar surface area (TPSA) is 54.9 Å². The van der Waals surface area contributed by atoms with Crippen LogP contribution in [0, 0.1) is 0 Å². The first-order chi connectivity index (χ1) is 8.80. The summed E-state index contributed by atoms with van der Waals surface area (Å²) in [5.74, 6) is 2.48. The van der Waals surface area contributed by atoms with Crippen molar-refractivity contribution < 1.29 is 9.47 Å². The highest BCUT2D eigenvalue weighted by molar-refractivity contribution is 5.79. The van der Waals surface area contributed by atoms with Crippen LogP contribution in [0.5, 0.6) is 11.5 Å². The molecule has 100 valence electrons. The minimum Gasteiger partial charge on any atom is -0.497 e. The van der Waals surface area contributed by atoms with Crippen molar-refractivity contribution in [2.24, 2.45) is 4.99 Å². The van der Waals surface area contributed by atoms with Gasteiger partial charge in [0.25, 0.3) is 0 Å². The first-order valence-corrected chi connectivity index (χ1v) is 5.95. The van der Waals surface area contributed by atoms with Crippen LogP contribution in [0.4, 0.5) is 0 Å². The predicted molar refractivity (Wildman–Crippen MR) is 73.5 cm³/mol. The van der Waals surface area contributed by atoms with E-state index in [2.05, 4.69) is 15.6 Å². The molecule has 18 heavy (non-hydrogen) atoms. The number of nitrogens with one attached hydrogen (secondary N) is 2. The summed E-state index contributed by atoms with van der Waals surface area (Å²) in [6.07, 6.45) is 0.909. The van der Waals surface area contributed by atoms with E-state index in [0.29, 0.717) is 6.61 Å². The molecule has 2 N–H and O–H groups in total. The molecule has 0 saturated carbocycles. The van der Waals surface area contributed by atoms with Crippen LogP contribution in [-0.2, 0) is 0 Å². The highest BCUT2D eigenvalue weighted by atomic mass is 16.5. The summed E-state index contributed by atoms with van der Waals surface area (Å²) in [6.45, 7) is 1.49. The second kappa shape index (κ2) is 8.22. The van der Waals surface area contributed by atoms with Crippen LogP contribution in [0.25, 0.3) is 0 Å². The van der Waals surface area contributed by atoms with Crippen LogP contribution in [0.2, 0.25) is 0 Å². The Morgan fingerprint density at radius 3 is 2.44 bits per heavy atom. The molecule has 0 heterocycles. The Labute approximate surface area is 108 Å². The van der Waals surface area contributed by atoms with E-state index >= 15 is 0 Å². The summed E-state index contributed by atoms with van der Waals surface area (Å²) in [5.41, 5.74) is 0. The van der Waals surface area contributed by atoms with Gasteiger partial charge in [0.15, 0.2) is 5.96 Å². The van der Waals surface area contributed by atoms with E-state index in [1.807, 2.05) is 31.3 Å². The van der Waals surface area contributed by atoms with Gasteiger partial charge < -0.3 is 20.1 Å². The molecule has 0 aromatic heterocycles. The van der Waals surface area contributed by atoms with Gasteiger partial charge >= 0.3 is 0 Å². The fourth-order valence-electron chi connectivity index (χ4n) is 1.42. The molecule has 0 aliphatic carbocycles. The van der Waals surface area contributed by atoms with Gasteiger partial charge in [-0.1, -0.05) is 0 Å². The zero-order chi connectivity index (χ0) is 13.2. The number of nitrogens with zero attached hydrogens (tertiary/aromatic N) is 1. The number of hydrogen-bond donors (Lipinski definition) is 2. The molecule has 0 spiro atoms. The van der Waals surface area contributed by atoms with Crippen molar-refractivity contribution in [1.82, 2.24) is 10.6 Å². The maximum Gasteiger partial charge on any atom is 0.190 e. The van der Waals surface area contributed by atoms with Gasteiger partial charge in [-0.3, -0.25) is 4.99 Å². The lowest BCUT2D eigenvalue weighted by Crippen LogP contribution is -2.35. The largest absolute Gasteiger partial charge is 0.497 e. The maximum absolute atomic E-state index is 5.60. The van der Waals surface area contributed by atoms with Crippen LogP contribution < -0.4 is 20.1 Å². The van der Waals surface area contributed by atoms with Crippen LogP contribution in [0.1, 0.15) is 6.42 Å². The van der Waals surface area contributed by atoms with Gasteiger partial charge in [-0.15, -0.1) is 0 Å². The summed E-state index contributed by atoms with van der Waals surface area (Å²) >= 11 is 0. The van der Waals surface area contributed by atoms with Gasteiger partial charge in [-0.05, 0) is 30.7 Å². The number of guanidine groups is 1. The molecule has 0 fully saturated rings. The Kier molecular flexibility index (Phi) is 6.46. The SMILES string of the molecule is CN=C(NC)NCCCOc1ccc(OC)cc1. The molecule has 5 nitrogen and oxygen atoms in total. The van der Waals surface area contributed by atoms with E-state index in [-0.39, 0.29) is 0 Å². The average Bonchev–Trinajstić information content (AvgIpc) is 2.43. The van der Waals surface area contributed by atoms with Crippen LogP contribution in [-0.4, -0.2) is 40.3 Å². The zero-order valence-corrected chi connectivity index (χ0v) is 11.2. The first kappa shape index (κ1) is 14.2. The Morgan fingerprint density at radius 1 is 1.22 bits per heavy atom. The number of aliphatic imine (C=N–C) groups is 1. The van der Waals surface area contributed by atoms with Crippen molar-refractivity contribution in [3.05, 3.63) is 24.3 Å². The fraction of sp³-hybridized carbons (Fsp3) is 0.462. The lowest BCUT2D eigenvalue weighted by Gasteiger charge is -2.09. The molecule has 1 aromatic rings. The molecule has 0 unspecified atom stereocenters. The normalized spacial score (nSPS) is 10.9. The lowest BCUT2D eigenvalue weighted by atomic mass is 10.3. The maximum atomic E-state index is 5.60. The van der Waals surface area contributed by atoms with E-state index < -0.39 is 0 Å². The molecule has 0 bridgehead atoms. The smallest absolute Gasteiger partial charge is 0.190 e. The van der Waals surface area contributed by atoms with Crippen LogP contribution in [0.3, 0.4) is 0 Å². The van der Waals surface area contributed by atoms with Gasteiger partial charge in [-0.2, -0.15) is 0 Å². The summed E-state index contributed by atoms with van der Waals surface area (Å²) < 4.78 is 10.7. The Hall–Kier alpha value is -1.91. The standard InChI is InChI=1S/C13H21N3O2/c1-14-13(15-2)16-9-4-10-18-12-7-5-11(17-3)6-8-12/h5-8H,4,9-10H2,1-3H3,(H2,14,15,16). The predicted octanol–water partition coefficient (Wildman–Crippen LogP) is 1.26. The molecule has 1 aromatic carbocycles. The molecule has 0 amide bonds. The molecule has 0 aliphatic heterocycles. The van der Waals surface area contributed by atoms with E-state index in [9.17, 15) is 0 Å². The third-order valence-electron chi connectivity index (χ3n) is 2.40. The van der Waals surface area contributed by atoms with Gasteiger partial charge in [0.2, 0.25) is 0 Å². The molecule has 1 rings (SSSR count). The molecule has 0 radical (unpaired) electrons. The first-order valence-electron chi connectivity index (χ1n) is 5.95. The van der Waals surface area contributed by atoms with E-state index in [0.717, 1.165) is 30.4 Å². The van der Waals surface area contributed by atoms with Crippen LogP contribution >= 0.6 is 0 Å². The third kappa shape index (κ3) is 4.95. The Bertz CT molecular complexity index is 363. The zero-order valence-electron chi connectivity index (χ0n) is 11.2. The quantitative estimate of drug-likeness (QED) is 0.454. The van der Waals surface area contributed by atoms with Gasteiger partial charge in [0.05, 0.1) is 13.7 Å². The number of methoxy groups -OCH3 is 1. The minimum absolute atomic E-state index is 0.667. The monoisotopic (exact) mass is 251 g/mol. The molecule has 0 aliphatic rings. The number of rotatable bonds is 6. The third-order valence-corrected chi connectivity index (χ3v) is 2.40. The van der Waals surface area contributed by atoms with Crippen molar-refractivity contribution in [3.8, 4) is 11.5 Å². The molecular weight excluding hydrogens is 230 g/mol. The Balaban J connectivity index is 2.17. The Morgan fingerprint density at radius 2 is 1.89 bits per heavy atom. The van der Waals surface area contributed by atoms with Crippen molar-refractivity contribution in [2.75, 3.05) is 34.4 Å². The number of benzene rings is 1. The number of ether oxygens (including phenoxy) is 2. The minimum atomic E-state index is 0.667. The summed E-state index contributed by atoms with van der Waals surface area (Å²) in [7, 11) is 5.23. The average molecular weight is 251 g/mol.